The van der Waals surface area contributed by atoms with Gasteiger partial charge in [0.1, 0.15) is 5.75 Å². The number of rotatable bonds is 6. The van der Waals surface area contributed by atoms with Gasteiger partial charge in [0, 0.05) is 30.3 Å². The van der Waals surface area contributed by atoms with Crippen LogP contribution in [0.15, 0.2) is 60.7 Å². The summed E-state index contributed by atoms with van der Waals surface area (Å²) in [6.45, 7) is 5.35. The van der Waals surface area contributed by atoms with Gasteiger partial charge in [0.05, 0.1) is 65.9 Å². The Balaban J connectivity index is 1.17. The van der Waals surface area contributed by atoms with Crippen molar-refractivity contribution in [3.8, 4) is 11.8 Å². The molecule has 0 radical (unpaired) electrons. The molecule has 2 bridgehead atoms. The number of imide groups is 1. The van der Waals surface area contributed by atoms with Gasteiger partial charge in [0.2, 0.25) is 11.8 Å². The second-order valence-corrected chi connectivity index (χ2v) is 11.4. The number of benzene rings is 3. The molecular formula is C32H31N3O5. The molecule has 4 aliphatic heterocycles. The summed E-state index contributed by atoms with van der Waals surface area (Å²) in [4.78, 5) is 31.7. The molecule has 4 fully saturated rings. The fourth-order valence-electron chi connectivity index (χ4n) is 7.40. The highest BCUT2D eigenvalue weighted by Crippen LogP contribution is 2.62. The number of carbonyl (C=O) groups excluding carboxylic acids is 2. The lowest BCUT2D eigenvalue weighted by Crippen LogP contribution is -2.43. The second kappa shape index (κ2) is 9.33. The van der Waals surface area contributed by atoms with Gasteiger partial charge in [-0.15, -0.1) is 0 Å². The molecule has 4 atom stereocenters. The maximum absolute atomic E-state index is 14.1. The van der Waals surface area contributed by atoms with Gasteiger partial charge in [0.25, 0.3) is 0 Å². The Kier molecular flexibility index (Phi) is 5.84. The predicted molar refractivity (Wildman–Crippen MR) is 149 cm³/mol. The summed E-state index contributed by atoms with van der Waals surface area (Å²) in [5.41, 5.74) is 0.640. The molecule has 3 aromatic rings. The Morgan fingerprint density at radius 1 is 0.925 bits per heavy atom. The molecule has 0 N–H and O–H groups in total. The van der Waals surface area contributed by atoms with Crippen LogP contribution in [0.4, 0.5) is 11.4 Å². The Morgan fingerprint density at radius 2 is 1.65 bits per heavy atom. The monoisotopic (exact) mass is 537 g/mol. The zero-order chi connectivity index (χ0) is 27.5. The number of carbonyl (C=O) groups is 2. The van der Waals surface area contributed by atoms with Gasteiger partial charge in [-0.05, 0) is 44.0 Å². The van der Waals surface area contributed by atoms with Crippen molar-refractivity contribution in [1.82, 2.24) is 0 Å². The number of ether oxygens (including phenoxy) is 3. The number of amides is 2. The fourth-order valence-corrected chi connectivity index (χ4v) is 7.40. The van der Waals surface area contributed by atoms with Gasteiger partial charge in [-0.1, -0.05) is 36.4 Å². The highest BCUT2D eigenvalue weighted by Gasteiger charge is 2.73. The van der Waals surface area contributed by atoms with E-state index in [4.69, 9.17) is 14.2 Å². The van der Waals surface area contributed by atoms with E-state index in [0.29, 0.717) is 43.9 Å². The molecule has 8 nitrogen and oxygen atoms in total. The van der Waals surface area contributed by atoms with Crippen LogP contribution in [0.3, 0.4) is 0 Å². The zero-order valence-electron chi connectivity index (χ0n) is 22.5. The zero-order valence-corrected chi connectivity index (χ0v) is 22.5. The first-order valence-electron chi connectivity index (χ1n) is 14.0. The average Bonchev–Trinajstić information content (AvgIpc) is 3.57. The summed E-state index contributed by atoms with van der Waals surface area (Å²) in [5, 5.41) is 11.0. The first-order chi connectivity index (χ1) is 19.5. The van der Waals surface area contributed by atoms with E-state index in [9.17, 15) is 14.9 Å². The summed E-state index contributed by atoms with van der Waals surface area (Å²) < 4.78 is 18.5. The number of morpholine rings is 1. The predicted octanol–water partition coefficient (Wildman–Crippen LogP) is 4.44. The van der Waals surface area contributed by atoms with Gasteiger partial charge >= 0.3 is 0 Å². The van der Waals surface area contributed by atoms with E-state index in [-0.39, 0.29) is 11.8 Å². The van der Waals surface area contributed by atoms with Crippen LogP contribution in [0.5, 0.6) is 5.75 Å². The van der Waals surface area contributed by atoms with E-state index in [2.05, 4.69) is 17.0 Å². The summed E-state index contributed by atoms with van der Waals surface area (Å²) in [5.74, 6) is -0.736. The molecule has 40 heavy (non-hydrogen) atoms. The van der Waals surface area contributed by atoms with Crippen molar-refractivity contribution in [3.63, 3.8) is 0 Å². The first-order valence-corrected chi connectivity index (χ1v) is 14.0. The molecule has 4 unspecified atom stereocenters. The van der Waals surface area contributed by atoms with Crippen LogP contribution in [0.2, 0.25) is 0 Å². The fraction of sp³-hybridized carbons (Fsp3) is 0.406. The van der Waals surface area contributed by atoms with Crippen molar-refractivity contribution < 1.29 is 23.8 Å². The molecule has 4 heterocycles. The topological polar surface area (TPSA) is 92.1 Å². The number of hydrogen-bond acceptors (Lipinski definition) is 7. The van der Waals surface area contributed by atoms with Crippen molar-refractivity contribution in [2.75, 3.05) is 42.7 Å². The van der Waals surface area contributed by atoms with E-state index < -0.39 is 23.0 Å². The van der Waals surface area contributed by atoms with E-state index in [0.717, 1.165) is 41.7 Å². The number of hydrogen-bond donors (Lipinski definition) is 0. The molecule has 4 aliphatic rings. The standard InChI is InChI=1S/C32H31N3O5/c1-31-12-13-32(40-31,14-17-39-26-9-5-4-8-25(26)34-15-18-38-19-16-34)28-27(31)29(36)35(30(28)37)24-11-10-21(20-33)22-6-2-3-7-23(22)24/h2-11,27-28H,12-19H2,1H3. The SMILES string of the molecule is CC12CCC(CCOc3ccccc3N3CCOCC3)(O1)C1C(=O)N(c3ccc(C#N)c4ccccc34)C(=O)C12. The Hall–Kier alpha value is -3.93. The Morgan fingerprint density at radius 3 is 2.45 bits per heavy atom. The van der Waals surface area contributed by atoms with Crippen LogP contribution in [-0.2, 0) is 19.1 Å². The maximum Gasteiger partial charge on any atom is 0.240 e. The molecule has 3 aromatic carbocycles. The van der Waals surface area contributed by atoms with E-state index in [1.54, 1.807) is 12.1 Å². The maximum atomic E-state index is 14.1. The smallest absolute Gasteiger partial charge is 0.240 e. The molecule has 0 aromatic heterocycles. The van der Waals surface area contributed by atoms with Crippen LogP contribution in [0.1, 0.15) is 31.7 Å². The Labute approximate surface area is 233 Å². The van der Waals surface area contributed by atoms with Crippen molar-refractivity contribution in [3.05, 3.63) is 66.2 Å². The third kappa shape index (κ3) is 3.65. The lowest BCUT2D eigenvalue weighted by molar-refractivity contribution is -0.131. The molecule has 0 saturated carbocycles. The highest BCUT2D eigenvalue weighted by molar-refractivity contribution is 6.26. The average molecular weight is 538 g/mol. The third-order valence-electron chi connectivity index (χ3n) is 9.27. The molecule has 8 heteroatoms. The normalized spacial score (nSPS) is 29.2. The molecule has 2 amide bonds. The van der Waals surface area contributed by atoms with Crippen molar-refractivity contribution >= 4 is 34.0 Å². The molecule has 0 aliphatic carbocycles. The highest BCUT2D eigenvalue weighted by atomic mass is 16.5. The summed E-state index contributed by atoms with van der Waals surface area (Å²) in [6, 6.07) is 21.1. The first kappa shape index (κ1) is 25.1. The van der Waals surface area contributed by atoms with Crippen LogP contribution in [-0.4, -0.2) is 55.9 Å². The molecule has 204 valence electrons. The number of nitriles is 1. The second-order valence-electron chi connectivity index (χ2n) is 11.4. The van der Waals surface area contributed by atoms with E-state index in [1.165, 1.54) is 4.90 Å². The van der Waals surface area contributed by atoms with E-state index >= 15 is 0 Å². The lowest BCUT2D eigenvalue weighted by Gasteiger charge is -2.32. The quantitative estimate of drug-likeness (QED) is 0.429. The number of para-hydroxylation sites is 2. The van der Waals surface area contributed by atoms with Gasteiger partial charge in [0.15, 0.2) is 0 Å². The minimum Gasteiger partial charge on any atom is -0.491 e. The molecule has 7 rings (SSSR count). The Bertz CT molecular complexity index is 1560. The minimum absolute atomic E-state index is 0.215. The summed E-state index contributed by atoms with van der Waals surface area (Å²) >= 11 is 0. The van der Waals surface area contributed by atoms with Gasteiger partial charge in [-0.2, -0.15) is 5.26 Å². The lowest BCUT2D eigenvalue weighted by atomic mass is 9.67. The van der Waals surface area contributed by atoms with Crippen LogP contribution < -0.4 is 14.5 Å². The minimum atomic E-state index is -0.753. The van der Waals surface area contributed by atoms with Crippen LogP contribution in [0.25, 0.3) is 10.8 Å². The number of anilines is 2. The van der Waals surface area contributed by atoms with Crippen molar-refractivity contribution in [1.29, 1.82) is 5.26 Å². The van der Waals surface area contributed by atoms with Gasteiger partial charge in [-0.3, -0.25) is 9.59 Å². The third-order valence-corrected chi connectivity index (χ3v) is 9.27. The number of fused-ring (bicyclic) bond motifs is 6. The van der Waals surface area contributed by atoms with Gasteiger partial charge in [-0.25, -0.2) is 4.90 Å². The number of nitrogens with zero attached hydrogens (tertiary/aromatic N) is 3. The van der Waals surface area contributed by atoms with Crippen molar-refractivity contribution in [2.24, 2.45) is 11.8 Å². The molecule has 0 spiro atoms. The van der Waals surface area contributed by atoms with Gasteiger partial charge < -0.3 is 19.1 Å². The molecule has 4 saturated heterocycles. The van der Waals surface area contributed by atoms with Crippen LogP contribution >= 0.6 is 0 Å². The van der Waals surface area contributed by atoms with Crippen LogP contribution in [0, 0.1) is 23.2 Å². The summed E-state index contributed by atoms with van der Waals surface area (Å²) in [6.07, 6.45) is 1.95. The van der Waals surface area contributed by atoms with Crippen molar-refractivity contribution in [2.45, 2.75) is 37.4 Å². The summed E-state index contributed by atoms with van der Waals surface area (Å²) in [7, 11) is 0. The van der Waals surface area contributed by atoms with E-state index in [1.807, 2.05) is 49.4 Å². The largest absolute Gasteiger partial charge is 0.491 e. The molecular weight excluding hydrogens is 506 g/mol.